The number of anilines is 1. The first-order chi connectivity index (χ1) is 8.08. The van der Waals surface area contributed by atoms with Crippen LogP contribution in [0.2, 0.25) is 0 Å². The Morgan fingerprint density at radius 1 is 1.18 bits per heavy atom. The molecule has 1 aromatic carbocycles. The van der Waals surface area contributed by atoms with Crippen molar-refractivity contribution in [1.82, 2.24) is 0 Å². The third-order valence-electron chi connectivity index (χ3n) is 3.76. The van der Waals surface area contributed by atoms with Crippen LogP contribution in [0, 0.1) is 13.8 Å². The summed E-state index contributed by atoms with van der Waals surface area (Å²) in [7, 11) is 0. The molecule has 1 aliphatic carbocycles. The molecule has 1 saturated carbocycles. The molecule has 0 unspecified atom stereocenters. The molecule has 1 fully saturated rings. The van der Waals surface area contributed by atoms with Crippen molar-refractivity contribution in [3.63, 3.8) is 0 Å². The number of phenolic OH excluding ortho intramolecular Hbond substituents is 1. The van der Waals surface area contributed by atoms with Crippen LogP contribution in [-0.2, 0) is 0 Å². The molecule has 3 nitrogen and oxygen atoms in total. The third kappa shape index (κ3) is 2.72. The number of phenols is 1. The van der Waals surface area contributed by atoms with Crippen LogP contribution >= 0.6 is 0 Å². The molecule has 1 aromatic rings. The van der Waals surface area contributed by atoms with Gasteiger partial charge in [0.25, 0.3) is 0 Å². The minimum Gasteiger partial charge on any atom is -0.507 e. The lowest BCUT2D eigenvalue weighted by Gasteiger charge is -2.28. The molecule has 0 bridgehead atoms. The first-order valence-corrected chi connectivity index (χ1v) is 6.39. The topological polar surface area (TPSA) is 58.3 Å². The lowest BCUT2D eigenvalue weighted by atomic mass is 9.91. The van der Waals surface area contributed by atoms with Crippen molar-refractivity contribution in [2.45, 2.75) is 51.6 Å². The molecule has 0 heterocycles. The molecular formula is C14H22N2O. The minimum absolute atomic E-state index is 0.376. The van der Waals surface area contributed by atoms with Crippen molar-refractivity contribution >= 4 is 5.69 Å². The van der Waals surface area contributed by atoms with Crippen LogP contribution in [0.1, 0.15) is 36.8 Å². The van der Waals surface area contributed by atoms with Gasteiger partial charge in [0.2, 0.25) is 0 Å². The molecule has 1 aliphatic rings. The molecule has 0 amide bonds. The van der Waals surface area contributed by atoms with E-state index in [1.54, 1.807) is 0 Å². The van der Waals surface area contributed by atoms with Crippen LogP contribution < -0.4 is 11.1 Å². The largest absolute Gasteiger partial charge is 0.507 e. The summed E-state index contributed by atoms with van der Waals surface area (Å²) >= 11 is 0. The van der Waals surface area contributed by atoms with E-state index >= 15 is 0 Å². The number of benzene rings is 1. The average Bonchev–Trinajstić information content (AvgIpc) is 2.33. The number of aryl methyl sites for hydroxylation is 1. The Bertz CT molecular complexity index is 395. The molecule has 94 valence electrons. The van der Waals surface area contributed by atoms with Crippen LogP contribution in [0.25, 0.3) is 0 Å². The SMILES string of the molecule is Cc1ccc(NC2CCC(N)CC2)c(C)c1O. The summed E-state index contributed by atoms with van der Waals surface area (Å²) in [6, 6.07) is 4.88. The number of aromatic hydroxyl groups is 1. The maximum Gasteiger partial charge on any atom is 0.123 e. The van der Waals surface area contributed by atoms with Gasteiger partial charge in [-0.1, -0.05) is 6.07 Å². The van der Waals surface area contributed by atoms with E-state index in [0.717, 1.165) is 42.5 Å². The normalized spacial score (nSPS) is 24.6. The predicted octanol–water partition coefficient (Wildman–Crippen LogP) is 2.69. The maximum absolute atomic E-state index is 9.90. The number of nitrogens with two attached hydrogens (primary N) is 1. The monoisotopic (exact) mass is 234 g/mol. The second kappa shape index (κ2) is 4.96. The molecule has 4 N–H and O–H groups in total. The van der Waals surface area contributed by atoms with Gasteiger partial charge in [0.05, 0.1) is 0 Å². The Balaban J connectivity index is 2.06. The van der Waals surface area contributed by atoms with Gasteiger partial charge >= 0.3 is 0 Å². The van der Waals surface area contributed by atoms with Gasteiger partial charge < -0.3 is 16.2 Å². The summed E-state index contributed by atoms with van der Waals surface area (Å²) < 4.78 is 0. The fourth-order valence-corrected chi connectivity index (χ4v) is 2.48. The highest BCUT2D eigenvalue weighted by Gasteiger charge is 2.19. The predicted molar refractivity (Wildman–Crippen MR) is 71.4 cm³/mol. The second-order valence-corrected chi connectivity index (χ2v) is 5.16. The quantitative estimate of drug-likeness (QED) is 0.737. The van der Waals surface area contributed by atoms with E-state index in [1.165, 1.54) is 0 Å². The summed E-state index contributed by atoms with van der Waals surface area (Å²) in [4.78, 5) is 0. The molecular weight excluding hydrogens is 212 g/mol. The minimum atomic E-state index is 0.376. The standard InChI is InChI=1S/C14H22N2O/c1-9-3-8-13(10(2)14(9)17)16-12-6-4-11(15)5-7-12/h3,8,11-12,16-17H,4-7,15H2,1-2H3. The highest BCUT2D eigenvalue weighted by Crippen LogP contribution is 2.30. The van der Waals surface area contributed by atoms with Crippen molar-refractivity contribution in [2.75, 3.05) is 5.32 Å². The van der Waals surface area contributed by atoms with Crippen molar-refractivity contribution < 1.29 is 5.11 Å². The smallest absolute Gasteiger partial charge is 0.123 e. The molecule has 3 heteroatoms. The molecule has 0 spiro atoms. The fraction of sp³-hybridized carbons (Fsp3) is 0.571. The Hall–Kier alpha value is -1.22. The van der Waals surface area contributed by atoms with Gasteiger partial charge in [-0.2, -0.15) is 0 Å². The summed E-state index contributed by atoms with van der Waals surface area (Å²) in [5.74, 6) is 0.405. The molecule has 0 aliphatic heterocycles. The van der Waals surface area contributed by atoms with E-state index in [9.17, 15) is 5.11 Å². The second-order valence-electron chi connectivity index (χ2n) is 5.16. The number of hydrogen-bond acceptors (Lipinski definition) is 3. The molecule has 17 heavy (non-hydrogen) atoms. The lowest BCUT2D eigenvalue weighted by Crippen LogP contribution is -2.32. The van der Waals surface area contributed by atoms with Crippen LogP contribution in [0.4, 0.5) is 5.69 Å². The average molecular weight is 234 g/mol. The summed E-state index contributed by atoms with van der Waals surface area (Å²) in [6.45, 7) is 3.88. The van der Waals surface area contributed by atoms with E-state index in [-0.39, 0.29) is 0 Å². The van der Waals surface area contributed by atoms with E-state index in [2.05, 4.69) is 11.4 Å². The van der Waals surface area contributed by atoms with E-state index < -0.39 is 0 Å². The van der Waals surface area contributed by atoms with Crippen LogP contribution in [0.5, 0.6) is 5.75 Å². The summed E-state index contributed by atoms with van der Waals surface area (Å²) in [5.41, 5.74) is 8.82. The van der Waals surface area contributed by atoms with Gasteiger partial charge in [-0.05, 0) is 51.2 Å². The molecule has 0 atom stereocenters. The van der Waals surface area contributed by atoms with Gasteiger partial charge in [-0.25, -0.2) is 0 Å². The van der Waals surface area contributed by atoms with Gasteiger partial charge in [0.15, 0.2) is 0 Å². The summed E-state index contributed by atoms with van der Waals surface area (Å²) in [5, 5.41) is 13.4. The third-order valence-corrected chi connectivity index (χ3v) is 3.76. The highest BCUT2D eigenvalue weighted by molar-refractivity contribution is 5.59. The van der Waals surface area contributed by atoms with E-state index in [0.29, 0.717) is 17.8 Å². The summed E-state index contributed by atoms with van der Waals surface area (Å²) in [6.07, 6.45) is 4.42. The number of hydrogen-bond donors (Lipinski definition) is 3. The zero-order valence-corrected chi connectivity index (χ0v) is 10.7. The van der Waals surface area contributed by atoms with Crippen molar-refractivity contribution in [2.24, 2.45) is 5.73 Å². The fourth-order valence-electron chi connectivity index (χ4n) is 2.48. The number of rotatable bonds is 2. The van der Waals surface area contributed by atoms with Gasteiger partial charge in [0, 0.05) is 23.3 Å². The molecule has 0 aromatic heterocycles. The molecule has 2 rings (SSSR count). The van der Waals surface area contributed by atoms with Crippen LogP contribution in [-0.4, -0.2) is 17.2 Å². The lowest BCUT2D eigenvalue weighted by molar-refractivity contribution is 0.410. The van der Waals surface area contributed by atoms with Crippen molar-refractivity contribution in [3.8, 4) is 5.75 Å². The van der Waals surface area contributed by atoms with Gasteiger partial charge in [-0.15, -0.1) is 0 Å². The van der Waals surface area contributed by atoms with Crippen LogP contribution in [0.15, 0.2) is 12.1 Å². The Morgan fingerprint density at radius 2 is 1.82 bits per heavy atom. The van der Waals surface area contributed by atoms with Crippen molar-refractivity contribution in [3.05, 3.63) is 23.3 Å². The zero-order chi connectivity index (χ0) is 12.4. The maximum atomic E-state index is 9.90. The van der Waals surface area contributed by atoms with Crippen molar-refractivity contribution in [1.29, 1.82) is 0 Å². The molecule has 0 saturated heterocycles. The Labute approximate surface area is 103 Å². The Morgan fingerprint density at radius 3 is 2.47 bits per heavy atom. The van der Waals surface area contributed by atoms with E-state index in [4.69, 9.17) is 5.73 Å². The first-order valence-electron chi connectivity index (χ1n) is 6.39. The van der Waals surface area contributed by atoms with Gasteiger partial charge in [0.1, 0.15) is 5.75 Å². The first kappa shape index (κ1) is 12.2. The number of nitrogens with one attached hydrogen (secondary N) is 1. The zero-order valence-electron chi connectivity index (χ0n) is 10.7. The van der Waals surface area contributed by atoms with Crippen LogP contribution in [0.3, 0.4) is 0 Å². The van der Waals surface area contributed by atoms with E-state index in [1.807, 2.05) is 19.9 Å². The van der Waals surface area contributed by atoms with Gasteiger partial charge in [-0.3, -0.25) is 0 Å². The Kier molecular flexibility index (Phi) is 3.57. The highest BCUT2D eigenvalue weighted by atomic mass is 16.3. The molecule has 0 radical (unpaired) electrons.